The highest BCUT2D eigenvalue weighted by molar-refractivity contribution is 7.91. The van der Waals surface area contributed by atoms with Crippen LogP contribution < -0.4 is 18.5 Å². The molecule has 0 aliphatic heterocycles. The van der Waals surface area contributed by atoms with Crippen LogP contribution in [0.25, 0.3) is 15.4 Å². The number of sulfonamides is 1. The molecule has 15 heteroatoms. The first-order valence-corrected chi connectivity index (χ1v) is 14.9. The van der Waals surface area contributed by atoms with E-state index in [9.17, 15) is 22.3 Å². The first-order chi connectivity index (χ1) is 18.1. The molecule has 0 aliphatic carbocycles. The van der Waals surface area contributed by atoms with Crippen molar-refractivity contribution in [2.45, 2.75) is 10.9 Å². The SMILES string of the molecule is [C-]#[N+]c1ccc(OP(=O)(O)CNS(=O)(=O)c2nnc(-c3ccc(OCC[n+]4ccccc4)cc3)s2)cc1F. The van der Waals surface area contributed by atoms with Gasteiger partial charge in [-0.15, -0.1) is 10.2 Å². The van der Waals surface area contributed by atoms with Gasteiger partial charge in [0.1, 0.15) is 35.2 Å². The van der Waals surface area contributed by atoms with Crippen molar-refractivity contribution in [3.8, 4) is 22.1 Å². The molecule has 2 aromatic heterocycles. The highest BCUT2D eigenvalue weighted by atomic mass is 32.2. The van der Waals surface area contributed by atoms with Crippen molar-refractivity contribution in [2.24, 2.45) is 0 Å². The monoisotopic (exact) mass is 576 g/mol. The summed E-state index contributed by atoms with van der Waals surface area (Å²) in [5, 5.41) is 7.89. The van der Waals surface area contributed by atoms with E-state index in [4.69, 9.17) is 15.8 Å². The fourth-order valence-electron chi connectivity index (χ4n) is 3.04. The van der Waals surface area contributed by atoms with Gasteiger partial charge >= 0.3 is 7.60 Å². The van der Waals surface area contributed by atoms with E-state index in [-0.39, 0.29) is 11.4 Å². The van der Waals surface area contributed by atoms with Gasteiger partial charge in [0.2, 0.25) is 10.0 Å². The van der Waals surface area contributed by atoms with Crippen LogP contribution in [-0.2, 0) is 21.1 Å². The Balaban J connectivity index is 1.34. The zero-order valence-corrected chi connectivity index (χ0v) is 22.0. The summed E-state index contributed by atoms with van der Waals surface area (Å²) in [7, 11) is -8.85. The van der Waals surface area contributed by atoms with Crippen molar-refractivity contribution in [3.63, 3.8) is 0 Å². The Morgan fingerprint density at radius 2 is 1.82 bits per heavy atom. The molecule has 0 saturated heterocycles. The van der Waals surface area contributed by atoms with Gasteiger partial charge in [-0.2, -0.15) is 4.72 Å². The van der Waals surface area contributed by atoms with Gasteiger partial charge in [0.15, 0.2) is 18.9 Å². The standard InChI is InChI=1S/C23H19FN5O6PS2/c1-25-21-10-9-19(15-20(21)24)35-36(30,31)16-26-38(32,33)23-28-27-22(37-23)17-5-7-18(8-6-17)34-14-13-29-11-3-2-4-12-29/h2-12,15,26H,13-14,16H2/p+1. The number of pyridine rings is 1. The minimum Gasteiger partial charge on any atom is -0.487 e. The van der Waals surface area contributed by atoms with Crippen LogP contribution in [0.5, 0.6) is 11.5 Å². The van der Waals surface area contributed by atoms with Crippen LogP contribution in [0.2, 0.25) is 0 Å². The number of hydrogen-bond donors (Lipinski definition) is 2. The number of aromatic nitrogens is 3. The van der Waals surface area contributed by atoms with E-state index in [0.717, 1.165) is 29.5 Å². The molecule has 1 atom stereocenters. The molecule has 2 heterocycles. The van der Waals surface area contributed by atoms with Crippen molar-refractivity contribution in [2.75, 3.05) is 12.9 Å². The molecule has 0 fully saturated rings. The van der Waals surface area contributed by atoms with Crippen LogP contribution in [0, 0.1) is 12.4 Å². The summed E-state index contributed by atoms with van der Waals surface area (Å²) in [4.78, 5) is 12.9. The number of nitrogens with zero attached hydrogens (tertiary/aromatic N) is 4. The molecule has 0 bridgehead atoms. The topological polar surface area (TPSA) is 136 Å². The number of benzene rings is 2. The molecule has 11 nitrogen and oxygen atoms in total. The number of hydrogen-bond acceptors (Lipinski definition) is 8. The summed E-state index contributed by atoms with van der Waals surface area (Å²) in [6.45, 7) is 7.95. The van der Waals surface area contributed by atoms with Crippen molar-refractivity contribution in [1.29, 1.82) is 0 Å². The average molecular weight is 577 g/mol. The molecule has 2 aromatic carbocycles. The van der Waals surface area contributed by atoms with Gasteiger partial charge in [-0.3, -0.25) is 0 Å². The molecule has 0 aliphatic rings. The molecule has 196 valence electrons. The predicted molar refractivity (Wildman–Crippen MR) is 136 cm³/mol. The largest absolute Gasteiger partial charge is 0.487 e. The van der Waals surface area contributed by atoms with Crippen LogP contribution >= 0.6 is 18.9 Å². The lowest BCUT2D eigenvalue weighted by Crippen LogP contribution is -2.35. The van der Waals surface area contributed by atoms with E-state index < -0.39 is 34.1 Å². The van der Waals surface area contributed by atoms with Gasteiger partial charge in [-0.25, -0.2) is 26.8 Å². The van der Waals surface area contributed by atoms with E-state index in [0.29, 0.717) is 29.5 Å². The third-order valence-electron chi connectivity index (χ3n) is 4.88. The van der Waals surface area contributed by atoms with Gasteiger partial charge in [0.05, 0.1) is 6.57 Å². The predicted octanol–water partition coefficient (Wildman–Crippen LogP) is 3.76. The molecule has 2 N–H and O–H groups in total. The van der Waals surface area contributed by atoms with Gasteiger partial charge in [0.25, 0.3) is 10.0 Å². The third-order valence-corrected chi connectivity index (χ3v) is 8.88. The van der Waals surface area contributed by atoms with Crippen LogP contribution in [0.3, 0.4) is 0 Å². The summed E-state index contributed by atoms with van der Waals surface area (Å²) in [5.74, 6) is -0.638. The lowest BCUT2D eigenvalue weighted by Gasteiger charge is -2.14. The highest BCUT2D eigenvalue weighted by Crippen LogP contribution is 2.42. The first-order valence-electron chi connectivity index (χ1n) is 10.8. The molecule has 0 spiro atoms. The van der Waals surface area contributed by atoms with Crippen LogP contribution in [0.4, 0.5) is 10.1 Å². The lowest BCUT2D eigenvalue weighted by atomic mass is 10.2. The summed E-state index contributed by atoms with van der Waals surface area (Å²) in [6.07, 6.45) is 2.88. The van der Waals surface area contributed by atoms with Gasteiger partial charge in [-0.05, 0) is 36.4 Å². The van der Waals surface area contributed by atoms with Gasteiger partial charge in [0, 0.05) is 23.8 Å². The molecule has 4 rings (SSSR count). The molecule has 38 heavy (non-hydrogen) atoms. The highest BCUT2D eigenvalue weighted by Gasteiger charge is 2.28. The minimum absolute atomic E-state index is 0.290. The van der Waals surface area contributed by atoms with Crippen LogP contribution in [0.15, 0.2) is 77.4 Å². The summed E-state index contributed by atoms with van der Waals surface area (Å²) < 4.78 is 65.3. The summed E-state index contributed by atoms with van der Waals surface area (Å²) in [6, 6.07) is 15.6. The Labute approximate surface area is 221 Å². The smallest absolute Gasteiger partial charge is 0.391 e. The maximum atomic E-state index is 13.7. The zero-order valence-electron chi connectivity index (χ0n) is 19.5. The zero-order chi connectivity index (χ0) is 27.2. The fraction of sp³-hybridized carbons (Fsp3) is 0.130. The van der Waals surface area contributed by atoms with Crippen molar-refractivity contribution >= 4 is 34.6 Å². The maximum Gasteiger partial charge on any atom is 0.391 e. The van der Waals surface area contributed by atoms with E-state index in [1.165, 1.54) is 0 Å². The minimum atomic E-state index is -4.55. The lowest BCUT2D eigenvalue weighted by molar-refractivity contribution is -0.697. The van der Waals surface area contributed by atoms with E-state index in [1.54, 1.807) is 24.3 Å². The molecule has 4 aromatic rings. The first kappa shape index (κ1) is 27.3. The normalized spacial score (nSPS) is 12.9. The quantitative estimate of drug-likeness (QED) is 0.157. The second-order valence-corrected chi connectivity index (χ2v) is 12.3. The number of halogens is 1. The Hall–Kier alpha value is -3.73. The fourth-order valence-corrected chi connectivity index (χ4v) is 6.59. The van der Waals surface area contributed by atoms with Gasteiger partial charge < -0.3 is 14.2 Å². The Morgan fingerprint density at radius 3 is 2.50 bits per heavy atom. The molecular weight excluding hydrogens is 556 g/mol. The van der Waals surface area contributed by atoms with Crippen molar-refractivity contribution in [3.05, 3.63) is 90.3 Å². The van der Waals surface area contributed by atoms with Crippen LogP contribution in [0.1, 0.15) is 0 Å². The van der Waals surface area contributed by atoms with Gasteiger partial charge in [-0.1, -0.05) is 17.4 Å². The average Bonchev–Trinajstić information content (AvgIpc) is 3.40. The number of ether oxygens (including phenoxy) is 1. The number of nitrogens with one attached hydrogen (secondary N) is 1. The van der Waals surface area contributed by atoms with Crippen molar-refractivity contribution < 1.29 is 36.1 Å². The molecule has 1 unspecified atom stereocenters. The second-order valence-electron chi connectivity index (χ2n) is 7.62. The van der Waals surface area contributed by atoms with E-state index in [2.05, 4.69) is 15.0 Å². The van der Waals surface area contributed by atoms with E-state index >= 15 is 0 Å². The summed E-state index contributed by atoms with van der Waals surface area (Å²) in [5.41, 5.74) is 0.317. The Bertz CT molecular complexity index is 1610. The second kappa shape index (κ2) is 11.8. The molecule has 0 saturated carbocycles. The molecule has 0 amide bonds. The van der Waals surface area contributed by atoms with Crippen molar-refractivity contribution in [1.82, 2.24) is 14.9 Å². The van der Waals surface area contributed by atoms with Crippen LogP contribution in [-0.4, -0.2) is 36.4 Å². The molecule has 0 radical (unpaired) electrons. The maximum absolute atomic E-state index is 13.7. The Morgan fingerprint density at radius 1 is 1.11 bits per heavy atom. The molecular formula is C23H20FN5O6PS2+. The third kappa shape index (κ3) is 7.18. The summed E-state index contributed by atoms with van der Waals surface area (Å²) >= 11 is 0.768. The Kier molecular flexibility index (Phi) is 8.45. The van der Waals surface area contributed by atoms with E-state index in [1.807, 2.05) is 39.9 Å². The number of rotatable bonds is 11.